The number of pyridine rings is 1. The van der Waals surface area contributed by atoms with Crippen LogP contribution < -0.4 is 9.30 Å². The van der Waals surface area contributed by atoms with Gasteiger partial charge in [-0.05, 0) is 35.7 Å². The van der Waals surface area contributed by atoms with Crippen molar-refractivity contribution < 1.29 is 13.7 Å². The lowest BCUT2D eigenvalue weighted by Crippen LogP contribution is -2.30. The number of nitrogens with zero attached hydrogens (tertiary/aromatic N) is 1. The van der Waals surface area contributed by atoms with Gasteiger partial charge in [-0.3, -0.25) is 0 Å². The molecule has 3 rings (SSSR count). The summed E-state index contributed by atoms with van der Waals surface area (Å²) >= 11 is 0. The highest BCUT2D eigenvalue weighted by atomic mass is 19.1. The van der Waals surface area contributed by atoms with Crippen molar-refractivity contribution in [3.63, 3.8) is 0 Å². The van der Waals surface area contributed by atoms with Gasteiger partial charge in [0.2, 0.25) is 5.69 Å². The van der Waals surface area contributed by atoms with Gasteiger partial charge in [0.05, 0.1) is 12.5 Å². The SMILES string of the molecule is COc1cccc2cc(-c3ccc(F)cc3)[n+](C)cc12. The first-order chi connectivity index (χ1) is 9.69. The largest absolute Gasteiger partial charge is 0.496 e. The molecule has 0 spiro atoms. The van der Waals surface area contributed by atoms with Crippen LogP contribution in [0.25, 0.3) is 22.0 Å². The van der Waals surface area contributed by atoms with Crippen molar-refractivity contribution in [1.82, 2.24) is 0 Å². The van der Waals surface area contributed by atoms with E-state index in [1.165, 1.54) is 12.1 Å². The van der Waals surface area contributed by atoms with Gasteiger partial charge in [-0.1, -0.05) is 12.1 Å². The number of fused-ring (bicyclic) bond motifs is 1. The van der Waals surface area contributed by atoms with Gasteiger partial charge in [0.25, 0.3) is 0 Å². The van der Waals surface area contributed by atoms with Crippen molar-refractivity contribution in [2.45, 2.75) is 0 Å². The lowest BCUT2D eigenvalue weighted by atomic mass is 10.1. The quantitative estimate of drug-likeness (QED) is 0.649. The first-order valence-electron chi connectivity index (χ1n) is 6.41. The fraction of sp³-hybridized carbons (Fsp3) is 0.118. The van der Waals surface area contributed by atoms with E-state index in [9.17, 15) is 4.39 Å². The Bertz CT molecular complexity index is 766. The molecule has 0 aliphatic heterocycles. The Morgan fingerprint density at radius 1 is 1.05 bits per heavy atom. The molecule has 0 amide bonds. The van der Waals surface area contributed by atoms with E-state index in [4.69, 9.17) is 4.74 Å². The van der Waals surface area contributed by atoms with Crippen LogP contribution in [0.2, 0.25) is 0 Å². The van der Waals surface area contributed by atoms with E-state index < -0.39 is 0 Å². The number of ether oxygens (including phenoxy) is 1. The summed E-state index contributed by atoms with van der Waals surface area (Å²) in [7, 11) is 3.65. The number of methoxy groups -OCH3 is 1. The predicted molar refractivity (Wildman–Crippen MR) is 77.1 cm³/mol. The molecule has 20 heavy (non-hydrogen) atoms. The molecule has 0 unspecified atom stereocenters. The van der Waals surface area contributed by atoms with Gasteiger partial charge in [-0.25, -0.2) is 8.96 Å². The Hall–Kier alpha value is -2.42. The van der Waals surface area contributed by atoms with Gasteiger partial charge in [0.1, 0.15) is 18.6 Å². The van der Waals surface area contributed by atoms with Crippen LogP contribution in [0.4, 0.5) is 4.39 Å². The Kier molecular flexibility index (Phi) is 3.11. The van der Waals surface area contributed by atoms with E-state index >= 15 is 0 Å². The molecular weight excluding hydrogens is 253 g/mol. The molecule has 3 heteroatoms. The number of aromatic nitrogens is 1. The average molecular weight is 268 g/mol. The highest BCUT2D eigenvalue weighted by Gasteiger charge is 2.13. The second-order valence-corrected chi connectivity index (χ2v) is 4.74. The maximum absolute atomic E-state index is 13.0. The van der Waals surface area contributed by atoms with Gasteiger partial charge in [-0.2, -0.15) is 0 Å². The van der Waals surface area contributed by atoms with Crippen molar-refractivity contribution in [1.29, 1.82) is 0 Å². The van der Waals surface area contributed by atoms with Crippen LogP contribution in [-0.4, -0.2) is 7.11 Å². The van der Waals surface area contributed by atoms with Gasteiger partial charge < -0.3 is 4.74 Å². The Morgan fingerprint density at radius 2 is 1.80 bits per heavy atom. The van der Waals surface area contributed by atoms with Crippen molar-refractivity contribution in [2.24, 2.45) is 7.05 Å². The third-order valence-corrected chi connectivity index (χ3v) is 3.45. The number of halogens is 1. The standard InChI is InChI=1S/C17H15FNO/c1-19-11-15-13(4-3-5-17(15)20-2)10-16(19)12-6-8-14(18)9-7-12/h3-11H,1-2H3/q+1. The molecule has 2 nitrogen and oxygen atoms in total. The van der Waals surface area contributed by atoms with Crippen molar-refractivity contribution in [3.8, 4) is 17.0 Å². The molecular formula is C17H15FNO+. The highest BCUT2D eigenvalue weighted by molar-refractivity contribution is 5.88. The summed E-state index contributed by atoms with van der Waals surface area (Å²) in [5.41, 5.74) is 2.02. The lowest BCUT2D eigenvalue weighted by Gasteiger charge is -2.06. The van der Waals surface area contributed by atoms with Crippen LogP contribution >= 0.6 is 0 Å². The van der Waals surface area contributed by atoms with Crippen molar-refractivity contribution in [2.75, 3.05) is 7.11 Å². The lowest BCUT2D eigenvalue weighted by molar-refractivity contribution is -0.659. The minimum Gasteiger partial charge on any atom is -0.496 e. The zero-order chi connectivity index (χ0) is 14.1. The topological polar surface area (TPSA) is 13.1 Å². The summed E-state index contributed by atoms with van der Waals surface area (Å²) in [6.07, 6.45) is 2.03. The zero-order valence-electron chi connectivity index (χ0n) is 11.4. The molecule has 0 atom stereocenters. The van der Waals surface area contributed by atoms with E-state index in [-0.39, 0.29) is 5.82 Å². The predicted octanol–water partition coefficient (Wildman–Crippen LogP) is 3.48. The fourth-order valence-electron chi connectivity index (χ4n) is 2.42. The molecule has 0 aliphatic rings. The highest BCUT2D eigenvalue weighted by Crippen LogP contribution is 2.27. The smallest absolute Gasteiger partial charge is 0.212 e. The molecule has 1 aromatic heterocycles. The summed E-state index contributed by atoms with van der Waals surface area (Å²) < 4.78 is 20.4. The summed E-state index contributed by atoms with van der Waals surface area (Å²) in [6.45, 7) is 0. The van der Waals surface area contributed by atoms with Crippen molar-refractivity contribution >= 4 is 10.8 Å². The minimum absolute atomic E-state index is 0.223. The number of hydrogen-bond acceptors (Lipinski definition) is 1. The first-order valence-corrected chi connectivity index (χ1v) is 6.41. The van der Waals surface area contributed by atoms with Gasteiger partial charge in [0.15, 0.2) is 6.20 Å². The molecule has 0 N–H and O–H groups in total. The molecule has 2 aromatic carbocycles. The van der Waals surface area contributed by atoms with Gasteiger partial charge in [-0.15, -0.1) is 0 Å². The Morgan fingerprint density at radius 3 is 2.50 bits per heavy atom. The van der Waals surface area contributed by atoms with Gasteiger partial charge in [0, 0.05) is 11.6 Å². The summed E-state index contributed by atoms with van der Waals surface area (Å²) in [5.74, 6) is 0.627. The molecule has 100 valence electrons. The molecule has 3 aromatic rings. The third-order valence-electron chi connectivity index (χ3n) is 3.45. The monoisotopic (exact) mass is 268 g/mol. The van der Waals surface area contributed by atoms with Crippen LogP contribution in [0.3, 0.4) is 0 Å². The Balaban J connectivity index is 2.22. The molecule has 0 bridgehead atoms. The fourth-order valence-corrected chi connectivity index (χ4v) is 2.42. The third kappa shape index (κ3) is 2.11. The first kappa shape index (κ1) is 12.6. The Labute approximate surface area is 117 Å². The van der Waals surface area contributed by atoms with Crippen LogP contribution in [0.5, 0.6) is 5.75 Å². The van der Waals surface area contributed by atoms with E-state index in [1.807, 2.05) is 36.0 Å². The molecule has 0 radical (unpaired) electrons. The second-order valence-electron chi connectivity index (χ2n) is 4.74. The molecule has 0 fully saturated rings. The van der Waals surface area contributed by atoms with Crippen LogP contribution in [-0.2, 0) is 7.05 Å². The second kappa shape index (κ2) is 4.93. The summed E-state index contributed by atoms with van der Waals surface area (Å²) in [5, 5.41) is 2.16. The number of rotatable bonds is 2. The van der Waals surface area contributed by atoms with Gasteiger partial charge >= 0.3 is 0 Å². The van der Waals surface area contributed by atoms with E-state index in [2.05, 4.69) is 6.07 Å². The van der Waals surface area contributed by atoms with E-state index in [1.54, 1.807) is 19.2 Å². The molecule has 0 aliphatic carbocycles. The van der Waals surface area contributed by atoms with E-state index in [0.29, 0.717) is 0 Å². The molecule has 0 saturated carbocycles. The van der Waals surface area contributed by atoms with Crippen LogP contribution in [0.15, 0.2) is 54.7 Å². The van der Waals surface area contributed by atoms with Crippen LogP contribution in [0.1, 0.15) is 0 Å². The maximum Gasteiger partial charge on any atom is 0.212 e. The molecule has 0 saturated heterocycles. The summed E-state index contributed by atoms with van der Waals surface area (Å²) in [4.78, 5) is 0. The van der Waals surface area contributed by atoms with Crippen LogP contribution in [0, 0.1) is 5.82 Å². The maximum atomic E-state index is 13.0. The minimum atomic E-state index is -0.223. The molecule has 1 heterocycles. The number of benzene rings is 2. The normalized spacial score (nSPS) is 10.8. The average Bonchev–Trinajstić information content (AvgIpc) is 2.47. The van der Waals surface area contributed by atoms with E-state index in [0.717, 1.165) is 27.8 Å². The number of aryl methyl sites for hydroxylation is 1. The summed E-state index contributed by atoms with van der Waals surface area (Å²) in [6, 6.07) is 14.6. The number of hydrogen-bond donors (Lipinski definition) is 0. The zero-order valence-corrected chi connectivity index (χ0v) is 11.4. The van der Waals surface area contributed by atoms with Crippen molar-refractivity contribution in [3.05, 3.63) is 60.5 Å².